The Balaban J connectivity index is 2.27. The Labute approximate surface area is 91.0 Å². The van der Waals surface area contributed by atoms with E-state index in [-0.39, 0.29) is 5.92 Å². The van der Waals surface area contributed by atoms with Gasteiger partial charge in [-0.2, -0.15) is 5.26 Å². The fourth-order valence-electron chi connectivity index (χ4n) is 2.08. The minimum Gasteiger partial charge on any atom is -0.198 e. The molecule has 1 nitrogen and oxygen atoms in total. The highest BCUT2D eigenvalue weighted by Crippen LogP contribution is 2.28. The van der Waals surface area contributed by atoms with Crippen LogP contribution >= 0.6 is 0 Å². The Kier molecular flexibility index (Phi) is 3.19. The van der Waals surface area contributed by atoms with Gasteiger partial charge in [0, 0.05) is 0 Å². The van der Waals surface area contributed by atoms with Gasteiger partial charge in [-0.05, 0) is 30.4 Å². The lowest BCUT2D eigenvalue weighted by atomic mass is 9.99. The summed E-state index contributed by atoms with van der Waals surface area (Å²) in [5, 5.41) is 8.99. The number of hydrogen-bond acceptors (Lipinski definition) is 1. The highest BCUT2D eigenvalue weighted by molar-refractivity contribution is 5.66. The monoisotopic (exact) mass is 197 g/mol. The highest BCUT2D eigenvalue weighted by Gasteiger charge is 2.11. The maximum atomic E-state index is 8.99. The molecule has 1 aromatic carbocycles. The third kappa shape index (κ3) is 2.47. The molecule has 0 saturated heterocycles. The maximum absolute atomic E-state index is 8.99. The maximum Gasteiger partial charge on any atom is 0.0697 e. The molecule has 76 valence electrons. The van der Waals surface area contributed by atoms with Gasteiger partial charge >= 0.3 is 0 Å². The van der Waals surface area contributed by atoms with Crippen molar-refractivity contribution in [3.05, 3.63) is 42.0 Å². The molecule has 1 aromatic rings. The van der Waals surface area contributed by atoms with Crippen LogP contribution in [0.3, 0.4) is 0 Å². The van der Waals surface area contributed by atoms with Crippen molar-refractivity contribution in [2.75, 3.05) is 0 Å². The van der Waals surface area contributed by atoms with Crippen LogP contribution in [0.2, 0.25) is 0 Å². The van der Waals surface area contributed by atoms with Crippen LogP contribution in [0.5, 0.6) is 0 Å². The first-order chi connectivity index (χ1) is 7.40. The number of hydrogen-bond donors (Lipinski definition) is 0. The summed E-state index contributed by atoms with van der Waals surface area (Å²) in [6.45, 7) is 0. The van der Waals surface area contributed by atoms with E-state index in [4.69, 9.17) is 5.26 Å². The Morgan fingerprint density at radius 1 is 1.13 bits per heavy atom. The van der Waals surface area contributed by atoms with Gasteiger partial charge in [-0.3, -0.25) is 0 Å². The van der Waals surface area contributed by atoms with Gasteiger partial charge < -0.3 is 0 Å². The topological polar surface area (TPSA) is 23.8 Å². The van der Waals surface area contributed by atoms with Gasteiger partial charge in [0.1, 0.15) is 0 Å². The van der Waals surface area contributed by atoms with Crippen molar-refractivity contribution in [3.63, 3.8) is 0 Å². The molecule has 0 spiro atoms. The quantitative estimate of drug-likeness (QED) is 0.672. The molecular formula is C14H15N. The zero-order valence-electron chi connectivity index (χ0n) is 8.82. The zero-order valence-corrected chi connectivity index (χ0v) is 8.82. The molecule has 0 heterocycles. The first-order valence-corrected chi connectivity index (χ1v) is 5.56. The second-order valence-electron chi connectivity index (χ2n) is 4.04. The summed E-state index contributed by atoms with van der Waals surface area (Å²) in [7, 11) is 0. The van der Waals surface area contributed by atoms with E-state index in [1.54, 1.807) is 0 Å². The normalized spacial score (nSPS) is 21.3. The molecule has 1 heteroatoms. The Morgan fingerprint density at radius 3 is 2.67 bits per heavy atom. The molecule has 0 radical (unpaired) electrons. The van der Waals surface area contributed by atoms with E-state index in [1.165, 1.54) is 24.0 Å². The molecule has 0 bridgehead atoms. The molecule has 1 aliphatic carbocycles. The van der Waals surface area contributed by atoms with Gasteiger partial charge in [-0.15, -0.1) is 0 Å². The van der Waals surface area contributed by atoms with Crippen molar-refractivity contribution in [1.82, 2.24) is 0 Å². The molecule has 1 aliphatic rings. The molecule has 15 heavy (non-hydrogen) atoms. The fraction of sp³-hybridized carbons (Fsp3) is 0.357. The van der Waals surface area contributed by atoms with Crippen LogP contribution in [0, 0.1) is 17.2 Å². The first-order valence-electron chi connectivity index (χ1n) is 5.56. The summed E-state index contributed by atoms with van der Waals surface area (Å²) in [5.41, 5.74) is 2.62. The number of benzene rings is 1. The van der Waals surface area contributed by atoms with E-state index >= 15 is 0 Å². The first kappa shape index (κ1) is 9.98. The molecule has 0 N–H and O–H groups in total. The van der Waals surface area contributed by atoms with Crippen molar-refractivity contribution < 1.29 is 0 Å². The summed E-state index contributed by atoms with van der Waals surface area (Å²) < 4.78 is 0. The van der Waals surface area contributed by atoms with Crippen molar-refractivity contribution in [2.45, 2.75) is 25.7 Å². The van der Waals surface area contributed by atoms with Crippen molar-refractivity contribution >= 4 is 5.57 Å². The standard InChI is InChI=1S/C14H15N/c15-11-12-6-4-5-9-14(10-12)13-7-2-1-3-8-13/h1-3,7-8,10,12H,4-6,9H2/t12-/m1/s1. The predicted octanol–water partition coefficient (Wildman–Crippen LogP) is 3.78. The number of allylic oxidation sites excluding steroid dienone is 2. The molecule has 0 aromatic heterocycles. The van der Waals surface area contributed by atoms with Gasteiger partial charge in [-0.1, -0.05) is 42.8 Å². The molecule has 0 fully saturated rings. The fourth-order valence-corrected chi connectivity index (χ4v) is 2.08. The molecular weight excluding hydrogens is 182 g/mol. The molecule has 2 rings (SSSR count). The highest BCUT2D eigenvalue weighted by atomic mass is 14.3. The van der Waals surface area contributed by atoms with Crippen molar-refractivity contribution in [2.24, 2.45) is 5.92 Å². The van der Waals surface area contributed by atoms with E-state index in [9.17, 15) is 0 Å². The lowest BCUT2D eigenvalue weighted by Gasteiger charge is -2.05. The summed E-state index contributed by atoms with van der Waals surface area (Å²) in [6, 6.07) is 12.8. The molecule has 0 saturated carbocycles. The second kappa shape index (κ2) is 4.79. The van der Waals surface area contributed by atoms with Crippen LogP contribution in [0.4, 0.5) is 0 Å². The van der Waals surface area contributed by atoms with Crippen molar-refractivity contribution in [3.8, 4) is 6.07 Å². The summed E-state index contributed by atoms with van der Waals surface area (Å²) in [4.78, 5) is 0. The summed E-state index contributed by atoms with van der Waals surface area (Å²) in [5.74, 6) is 0.114. The van der Waals surface area contributed by atoms with Gasteiger partial charge in [0.05, 0.1) is 12.0 Å². The average Bonchev–Trinajstić information content (AvgIpc) is 2.55. The number of nitrogens with zero attached hydrogens (tertiary/aromatic N) is 1. The van der Waals surface area contributed by atoms with Crippen LogP contribution < -0.4 is 0 Å². The van der Waals surface area contributed by atoms with Gasteiger partial charge in [-0.25, -0.2) is 0 Å². The Bertz CT molecular complexity index is 384. The van der Waals surface area contributed by atoms with Crippen LogP contribution in [0.1, 0.15) is 31.2 Å². The molecule has 0 amide bonds. The molecule has 0 aliphatic heterocycles. The van der Waals surface area contributed by atoms with E-state index in [0.29, 0.717) is 0 Å². The van der Waals surface area contributed by atoms with E-state index in [0.717, 1.165) is 12.8 Å². The Morgan fingerprint density at radius 2 is 1.93 bits per heavy atom. The smallest absolute Gasteiger partial charge is 0.0697 e. The average molecular weight is 197 g/mol. The number of rotatable bonds is 1. The molecule has 0 unspecified atom stereocenters. The van der Waals surface area contributed by atoms with Crippen LogP contribution in [0.25, 0.3) is 5.57 Å². The third-order valence-corrected chi connectivity index (χ3v) is 2.92. The van der Waals surface area contributed by atoms with Gasteiger partial charge in [0.25, 0.3) is 0 Å². The van der Waals surface area contributed by atoms with Gasteiger partial charge in [0.2, 0.25) is 0 Å². The largest absolute Gasteiger partial charge is 0.198 e. The lowest BCUT2D eigenvalue weighted by Crippen LogP contribution is -1.90. The van der Waals surface area contributed by atoms with E-state index in [1.807, 2.05) is 6.07 Å². The third-order valence-electron chi connectivity index (χ3n) is 2.92. The zero-order chi connectivity index (χ0) is 10.5. The predicted molar refractivity (Wildman–Crippen MR) is 62.0 cm³/mol. The minimum absolute atomic E-state index is 0.114. The summed E-state index contributed by atoms with van der Waals surface area (Å²) in [6.07, 6.45) is 6.67. The van der Waals surface area contributed by atoms with Crippen LogP contribution in [-0.2, 0) is 0 Å². The lowest BCUT2D eigenvalue weighted by molar-refractivity contribution is 0.654. The second-order valence-corrected chi connectivity index (χ2v) is 4.04. The summed E-state index contributed by atoms with van der Waals surface area (Å²) >= 11 is 0. The SMILES string of the molecule is N#C[C@H]1C=C(c2ccccc2)CCCC1. The molecule has 1 atom stereocenters. The van der Waals surface area contributed by atoms with E-state index in [2.05, 4.69) is 36.4 Å². The minimum atomic E-state index is 0.114. The van der Waals surface area contributed by atoms with Crippen molar-refractivity contribution in [1.29, 1.82) is 5.26 Å². The number of nitriles is 1. The van der Waals surface area contributed by atoms with E-state index < -0.39 is 0 Å². The Hall–Kier alpha value is -1.55. The van der Waals surface area contributed by atoms with Gasteiger partial charge in [0.15, 0.2) is 0 Å². The van der Waals surface area contributed by atoms with Crippen LogP contribution in [-0.4, -0.2) is 0 Å². The van der Waals surface area contributed by atoms with Crippen LogP contribution in [0.15, 0.2) is 36.4 Å².